The number of fused-ring (bicyclic) bond motifs is 1. The first kappa shape index (κ1) is 14.1. The SMILES string of the molecule is CCc1ccc(-c2cccc3c2C=C(c2ccc(C)o2)C3)cc1. The highest BCUT2D eigenvalue weighted by atomic mass is 16.3. The molecule has 1 heteroatoms. The predicted octanol–water partition coefficient (Wildman–Crippen LogP) is 5.91. The molecule has 1 aliphatic carbocycles. The van der Waals surface area contributed by atoms with Gasteiger partial charge in [0.25, 0.3) is 0 Å². The Labute approximate surface area is 137 Å². The van der Waals surface area contributed by atoms with Gasteiger partial charge in [0.1, 0.15) is 11.5 Å². The highest BCUT2D eigenvalue weighted by molar-refractivity contribution is 5.92. The summed E-state index contributed by atoms with van der Waals surface area (Å²) >= 11 is 0. The molecule has 0 saturated heterocycles. The van der Waals surface area contributed by atoms with Crippen LogP contribution in [0.15, 0.2) is 59.0 Å². The minimum atomic E-state index is 0.948. The van der Waals surface area contributed by atoms with Gasteiger partial charge in [-0.2, -0.15) is 0 Å². The molecule has 0 fully saturated rings. The average Bonchev–Trinajstić information content (AvgIpc) is 3.20. The third-order valence-corrected chi connectivity index (χ3v) is 4.63. The van der Waals surface area contributed by atoms with Crippen molar-refractivity contribution < 1.29 is 4.42 Å². The van der Waals surface area contributed by atoms with Crippen LogP contribution in [0.4, 0.5) is 0 Å². The lowest BCUT2D eigenvalue weighted by molar-refractivity contribution is 0.521. The Balaban J connectivity index is 1.77. The minimum Gasteiger partial charge on any atom is -0.462 e. The van der Waals surface area contributed by atoms with Crippen LogP contribution in [0.25, 0.3) is 22.8 Å². The molecular weight excluding hydrogens is 280 g/mol. The van der Waals surface area contributed by atoms with E-state index in [1.807, 2.05) is 13.0 Å². The van der Waals surface area contributed by atoms with E-state index in [-0.39, 0.29) is 0 Å². The van der Waals surface area contributed by atoms with Crippen molar-refractivity contribution in [2.75, 3.05) is 0 Å². The van der Waals surface area contributed by atoms with Crippen LogP contribution in [0.3, 0.4) is 0 Å². The molecule has 2 aromatic carbocycles. The first-order valence-corrected chi connectivity index (χ1v) is 8.23. The van der Waals surface area contributed by atoms with Gasteiger partial charge >= 0.3 is 0 Å². The minimum absolute atomic E-state index is 0.948. The summed E-state index contributed by atoms with van der Waals surface area (Å²) in [6, 6.07) is 19.6. The standard InChI is InChI=1S/C22H20O/c1-3-16-8-10-17(11-9-16)20-6-4-5-18-13-19(14-21(18)20)22-12-7-15(2)23-22/h4-12,14H,3,13H2,1-2H3. The number of aryl methyl sites for hydroxylation is 2. The molecule has 0 spiro atoms. The fraction of sp³-hybridized carbons (Fsp3) is 0.182. The molecule has 23 heavy (non-hydrogen) atoms. The van der Waals surface area contributed by atoms with E-state index in [1.54, 1.807) is 0 Å². The Hall–Kier alpha value is -2.54. The molecule has 1 aromatic heterocycles. The summed E-state index contributed by atoms with van der Waals surface area (Å²) in [7, 11) is 0. The van der Waals surface area contributed by atoms with Crippen molar-refractivity contribution in [3.63, 3.8) is 0 Å². The quantitative estimate of drug-likeness (QED) is 0.585. The number of allylic oxidation sites excluding steroid dienone is 1. The molecule has 1 nitrogen and oxygen atoms in total. The summed E-state index contributed by atoms with van der Waals surface area (Å²) in [5.41, 5.74) is 7.96. The second-order valence-corrected chi connectivity index (χ2v) is 6.19. The van der Waals surface area contributed by atoms with Crippen molar-refractivity contribution in [1.29, 1.82) is 0 Å². The molecule has 0 aliphatic heterocycles. The number of hydrogen-bond donors (Lipinski definition) is 0. The maximum atomic E-state index is 5.81. The summed E-state index contributed by atoms with van der Waals surface area (Å²) in [6.07, 6.45) is 4.31. The molecule has 3 aromatic rings. The van der Waals surface area contributed by atoms with E-state index in [4.69, 9.17) is 4.42 Å². The Kier molecular flexibility index (Phi) is 3.42. The Morgan fingerprint density at radius 2 is 1.78 bits per heavy atom. The molecule has 114 valence electrons. The monoisotopic (exact) mass is 300 g/mol. The number of hydrogen-bond acceptors (Lipinski definition) is 1. The zero-order valence-corrected chi connectivity index (χ0v) is 13.6. The zero-order chi connectivity index (χ0) is 15.8. The van der Waals surface area contributed by atoms with E-state index in [0.29, 0.717) is 0 Å². The molecule has 0 N–H and O–H groups in total. The number of rotatable bonds is 3. The molecule has 1 aliphatic rings. The van der Waals surface area contributed by atoms with Gasteiger partial charge in [-0.05, 0) is 64.9 Å². The van der Waals surface area contributed by atoms with Crippen LogP contribution in [0, 0.1) is 6.92 Å². The third kappa shape index (κ3) is 2.53. The van der Waals surface area contributed by atoms with Crippen LogP contribution in [0.1, 0.15) is 35.1 Å². The molecule has 1 heterocycles. The summed E-state index contributed by atoms with van der Waals surface area (Å²) in [4.78, 5) is 0. The Morgan fingerprint density at radius 3 is 2.48 bits per heavy atom. The fourth-order valence-corrected chi connectivity index (χ4v) is 3.31. The third-order valence-electron chi connectivity index (χ3n) is 4.63. The second kappa shape index (κ2) is 5.58. The van der Waals surface area contributed by atoms with Crippen LogP contribution in [0.2, 0.25) is 0 Å². The molecule has 0 unspecified atom stereocenters. The zero-order valence-electron chi connectivity index (χ0n) is 13.6. The van der Waals surface area contributed by atoms with Gasteiger partial charge in [0.2, 0.25) is 0 Å². The van der Waals surface area contributed by atoms with Gasteiger partial charge in [-0.15, -0.1) is 0 Å². The lowest BCUT2D eigenvalue weighted by Gasteiger charge is -2.08. The maximum Gasteiger partial charge on any atom is 0.130 e. The summed E-state index contributed by atoms with van der Waals surface area (Å²) in [5.74, 6) is 1.96. The van der Waals surface area contributed by atoms with Crippen molar-refractivity contribution in [3.8, 4) is 11.1 Å². The van der Waals surface area contributed by atoms with Gasteiger partial charge in [0.05, 0.1) is 0 Å². The number of benzene rings is 2. The van der Waals surface area contributed by atoms with Gasteiger partial charge in [-0.25, -0.2) is 0 Å². The van der Waals surface area contributed by atoms with E-state index >= 15 is 0 Å². The topological polar surface area (TPSA) is 13.1 Å². The van der Waals surface area contributed by atoms with Crippen molar-refractivity contribution in [2.45, 2.75) is 26.7 Å². The smallest absolute Gasteiger partial charge is 0.130 e. The summed E-state index contributed by atoms with van der Waals surface area (Å²) in [6.45, 7) is 4.18. The van der Waals surface area contributed by atoms with E-state index in [9.17, 15) is 0 Å². The largest absolute Gasteiger partial charge is 0.462 e. The van der Waals surface area contributed by atoms with Gasteiger partial charge in [0.15, 0.2) is 0 Å². The van der Waals surface area contributed by atoms with Crippen molar-refractivity contribution in [1.82, 2.24) is 0 Å². The van der Waals surface area contributed by atoms with Gasteiger partial charge in [0, 0.05) is 6.42 Å². The van der Waals surface area contributed by atoms with E-state index in [1.165, 1.54) is 33.4 Å². The van der Waals surface area contributed by atoms with Crippen LogP contribution >= 0.6 is 0 Å². The first-order valence-electron chi connectivity index (χ1n) is 8.23. The van der Waals surface area contributed by atoms with Crippen LogP contribution in [-0.4, -0.2) is 0 Å². The average molecular weight is 300 g/mol. The lowest BCUT2D eigenvalue weighted by atomic mass is 9.96. The molecule has 0 amide bonds. The van der Waals surface area contributed by atoms with Gasteiger partial charge in [-0.1, -0.05) is 49.4 Å². The highest BCUT2D eigenvalue weighted by Crippen LogP contribution is 2.38. The van der Waals surface area contributed by atoms with Gasteiger partial charge < -0.3 is 4.42 Å². The lowest BCUT2D eigenvalue weighted by Crippen LogP contribution is -1.88. The van der Waals surface area contributed by atoms with Crippen LogP contribution < -0.4 is 0 Å². The second-order valence-electron chi connectivity index (χ2n) is 6.19. The summed E-state index contributed by atoms with van der Waals surface area (Å²) < 4.78 is 5.81. The number of furan rings is 1. The first-order chi connectivity index (χ1) is 11.2. The highest BCUT2D eigenvalue weighted by Gasteiger charge is 2.19. The molecule has 4 rings (SSSR count). The molecule has 0 radical (unpaired) electrons. The van der Waals surface area contributed by atoms with E-state index < -0.39 is 0 Å². The summed E-state index contributed by atoms with van der Waals surface area (Å²) in [5, 5.41) is 0. The van der Waals surface area contributed by atoms with Crippen molar-refractivity contribution in [2.24, 2.45) is 0 Å². The van der Waals surface area contributed by atoms with E-state index in [2.05, 4.69) is 61.5 Å². The van der Waals surface area contributed by atoms with Crippen LogP contribution in [-0.2, 0) is 12.8 Å². The molecule has 0 bridgehead atoms. The van der Waals surface area contributed by atoms with Crippen molar-refractivity contribution >= 4 is 11.6 Å². The molecular formula is C22H20O. The van der Waals surface area contributed by atoms with Crippen LogP contribution in [0.5, 0.6) is 0 Å². The molecule has 0 atom stereocenters. The molecule has 0 saturated carbocycles. The fourth-order valence-electron chi connectivity index (χ4n) is 3.31. The van der Waals surface area contributed by atoms with E-state index in [0.717, 1.165) is 24.4 Å². The maximum absolute atomic E-state index is 5.81. The Bertz CT molecular complexity index is 879. The van der Waals surface area contributed by atoms with Gasteiger partial charge in [-0.3, -0.25) is 0 Å². The van der Waals surface area contributed by atoms with Crippen molar-refractivity contribution in [3.05, 3.63) is 82.8 Å². The predicted molar refractivity (Wildman–Crippen MR) is 96.3 cm³/mol. The normalized spacial score (nSPS) is 13.0. The Morgan fingerprint density at radius 1 is 0.957 bits per heavy atom.